The monoisotopic (exact) mass is 870 g/mol. The van der Waals surface area contributed by atoms with Crippen molar-refractivity contribution in [2.24, 2.45) is 23.3 Å². The maximum Gasteiger partial charge on any atom is 0.322 e. The van der Waals surface area contributed by atoms with Gasteiger partial charge in [-0.1, -0.05) is 27.7 Å². The molecule has 0 spiro atoms. The van der Waals surface area contributed by atoms with Gasteiger partial charge in [0, 0.05) is 13.1 Å². The number of carbonyl (C=O) groups is 10. The van der Waals surface area contributed by atoms with Crippen LogP contribution in [0, 0.1) is 11.8 Å². The fourth-order valence-corrected chi connectivity index (χ4v) is 6.93. The lowest BCUT2D eigenvalue weighted by Crippen LogP contribution is -2.61. The van der Waals surface area contributed by atoms with Crippen LogP contribution in [-0.2, 0) is 47.9 Å². The van der Waals surface area contributed by atoms with Gasteiger partial charge in [-0.2, -0.15) is 0 Å². The van der Waals surface area contributed by atoms with Crippen LogP contribution >= 0.6 is 0 Å². The van der Waals surface area contributed by atoms with Crippen molar-refractivity contribution in [3.63, 3.8) is 0 Å². The third-order valence-electron chi connectivity index (χ3n) is 9.94. The van der Waals surface area contributed by atoms with Crippen molar-refractivity contribution in [3.05, 3.63) is 0 Å². The van der Waals surface area contributed by atoms with Crippen LogP contribution in [0.5, 0.6) is 0 Å². The van der Waals surface area contributed by atoms with Crippen molar-refractivity contribution in [1.82, 2.24) is 41.7 Å². The molecule has 61 heavy (non-hydrogen) atoms. The highest BCUT2D eigenvalue weighted by Gasteiger charge is 2.42. The molecule has 24 heteroatoms. The molecule has 14 N–H and O–H groups in total. The summed E-state index contributed by atoms with van der Waals surface area (Å²) in [5.41, 5.74) is 10.6. The molecule has 8 atom stereocenters. The number of likely N-dealkylation sites (tertiary alicyclic amines) is 2. The Morgan fingerprint density at radius 3 is 1.41 bits per heavy atom. The lowest BCUT2D eigenvalue weighted by molar-refractivity contribution is -0.145. The normalized spacial score (nSPS) is 19.2. The van der Waals surface area contributed by atoms with Crippen molar-refractivity contribution in [2.45, 2.75) is 121 Å². The van der Waals surface area contributed by atoms with Gasteiger partial charge in [0.25, 0.3) is 0 Å². The van der Waals surface area contributed by atoms with Gasteiger partial charge in [-0.05, 0) is 50.4 Å². The van der Waals surface area contributed by atoms with E-state index in [4.69, 9.17) is 16.6 Å². The van der Waals surface area contributed by atoms with E-state index in [1.807, 2.05) is 0 Å². The summed E-state index contributed by atoms with van der Waals surface area (Å²) < 4.78 is 0. The van der Waals surface area contributed by atoms with Crippen LogP contribution in [0.15, 0.2) is 0 Å². The van der Waals surface area contributed by atoms with Crippen LogP contribution in [0.4, 0.5) is 0 Å². The maximum atomic E-state index is 13.8. The summed E-state index contributed by atoms with van der Waals surface area (Å²) >= 11 is 0. The lowest BCUT2D eigenvalue weighted by atomic mass is 9.99. The minimum atomic E-state index is -1.65. The van der Waals surface area contributed by atoms with E-state index in [0.717, 1.165) is 9.80 Å². The number of aliphatic carboxylic acids is 1. The summed E-state index contributed by atoms with van der Waals surface area (Å²) in [4.78, 5) is 130. The van der Waals surface area contributed by atoms with E-state index < -0.39 is 140 Å². The predicted octanol–water partition coefficient (Wildman–Crippen LogP) is -6.14. The second kappa shape index (κ2) is 24.7. The molecule has 0 aromatic rings. The molecule has 2 saturated heterocycles. The molecule has 9 amide bonds. The van der Waals surface area contributed by atoms with Gasteiger partial charge >= 0.3 is 5.97 Å². The molecule has 0 aromatic carbocycles. The third kappa shape index (κ3) is 15.8. The Hall–Kier alpha value is -5.46. The summed E-state index contributed by atoms with van der Waals surface area (Å²) in [6.45, 7) is 3.80. The number of nitrogens with two attached hydrogens (primary N) is 2. The third-order valence-corrected chi connectivity index (χ3v) is 9.94. The number of primary amides is 1. The van der Waals surface area contributed by atoms with Gasteiger partial charge in [-0.25, -0.2) is 0 Å². The second-order valence-corrected chi connectivity index (χ2v) is 15.9. The zero-order valence-corrected chi connectivity index (χ0v) is 34.9. The number of aliphatic hydroxyl groups is 3. The van der Waals surface area contributed by atoms with Crippen molar-refractivity contribution in [2.75, 3.05) is 39.5 Å². The Morgan fingerprint density at radius 2 is 0.984 bits per heavy atom. The molecule has 2 fully saturated rings. The largest absolute Gasteiger partial charge is 0.480 e. The molecule has 0 bridgehead atoms. The molecule has 0 saturated carbocycles. The first-order valence-corrected chi connectivity index (χ1v) is 20.1. The Balaban J connectivity index is 2.15. The number of amides is 9. The molecule has 344 valence electrons. The predicted molar refractivity (Wildman–Crippen MR) is 212 cm³/mol. The Bertz CT molecular complexity index is 1610. The minimum absolute atomic E-state index is 0.00607. The van der Waals surface area contributed by atoms with Crippen LogP contribution in [0.2, 0.25) is 0 Å². The van der Waals surface area contributed by atoms with Crippen molar-refractivity contribution in [1.29, 1.82) is 0 Å². The highest BCUT2D eigenvalue weighted by Crippen LogP contribution is 2.22. The van der Waals surface area contributed by atoms with Gasteiger partial charge in [-0.15, -0.1) is 0 Å². The molecular formula is C37H62N10O14. The summed E-state index contributed by atoms with van der Waals surface area (Å²) in [6, 6.07) is -10.9. The van der Waals surface area contributed by atoms with Crippen LogP contribution in [0.3, 0.4) is 0 Å². The number of rotatable bonds is 24. The van der Waals surface area contributed by atoms with E-state index in [0.29, 0.717) is 12.8 Å². The van der Waals surface area contributed by atoms with E-state index in [2.05, 4.69) is 31.9 Å². The summed E-state index contributed by atoms with van der Waals surface area (Å²) in [7, 11) is 0. The fraction of sp³-hybridized carbons (Fsp3) is 0.730. The van der Waals surface area contributed by atoms with Crippen molar-refractivity contribution in [3.8, 4) is 0 Å². The molecule has 2 heterocycles. The second-order valence-electron chi connectivity index (χ2n) is 15.9. The molecule has 0 aliphatic carbocycles. The van der Waals surface area contributed by atoms with Crippen LogP contribution < -0.4 is 43.4 Å². The van der Waals surface area contributed by atoms with E-state index in [1.165, 1.54) is 0 Å². The van der Waals surface area contributed by atoms with E-state index in [-0.39, 0.29) is 50.6 Å². The number of aliphatic hydroxyl groups excluding tert-OH is 3. The molecular weight excluding hydrogens is 808 g/mol. The molecule has 2 aliphatic heterocycles. The first-order valence-electron chi connectivity index (χ1n) is 20.1. The van der Waals surface area contributed by atoms with E-state index >= 15 is 0 Å². The molecule has 2 aliphatic rings. The van der Waals surface area contributed by atoms with Crippen molar-refractivity contribution < 1.29 is 68.4 Å². The van der Waals surface area contributed by atoms with Crippen molar-refractivity contribution >= 4 is 59.1 Å². The van der Waals surface area contributed by atoms with Gasteiger partial charge < -0.3 is 73.6 Å². The van der Waals surface area contributed by atoms with Gasteiger partial charge in [0.2, 0.25) is 53.2 Å². The zero-order chi connectivity index (χ0) is 46.1. The molecule has 0 radical (unpaired) electrons. The first-order chi connectivity index (χ1) is 28.6. The van der Waals surface area contributed by atoms with Crippen LogP contribution in [0.1, 0.15) is 72.6 Å². The number of nitrogens with one attached hydrogen (secondary N) is 6. The number of nitrogens with zero attached hydrogens (tertiary/aromatic N) is 2. The number of carbonyl (C=O) groups excluding carboxylic acids is 9. The highest BCUT2D eigenvalue weighted by atomic mass is 16.4. The molecule has 2 rings (SSSR count). The smallest absolute Gasteiger partial charge is 0.322 e. The average molecular weight is 871 g/mol. The van der Waals surface area contributed by atoms with Gasteiger partial charge in [0.15, 0.2) is 0 Å². The highest BCUT2D eigenvalue weighted by molar-refractivity contribution is 5.98. The Labute approximate surface area is 352 Å². The SMILES string of the molecule is CC(C)C[C@H](NC(=O)[C@H](CC(C)C)NC(=O)[C@@H]1CCCN1C(=O)[C@H](CO)NC(=O)[C@@H]1CCCN1C(=O)[C@H](CO)NC(=O)[C@H](CO)NC(=O)[C@@H](N)CC(N)=O)C(=O)NCC(=O)O. The summed E-state index contributed by atoms with van der Waals surface area (Å²) in [6.07, 6.45) is 0.683. The quantitative estimate of drug-likeness (QED) is 0.0430. The molecule has 0 aromatic heterocycles. The first kappa shape index (κ1) is 51.7. The Kier molecular flexibility index (Phi) is 20.9. The molecule has 24 nitrogen and oxygen atoms in total. The zero-order valence-electron chi connectivity index (χ0n) is 34.9. The lowest BCUT2D eigenvalue weighted by Gasteiger charge is -2.32. The average Bonchev–Trinajstić information content (AvgIpc) is 3.89. The topological polar surface area (TPSA) is 382 Å². The van der Waals surface area contributed by atoms with Gasteiger partial charge in [-0.3, -0.25) is 47.9 Å². The van der Waals surface area contributed by atoms with E-state index in [9.17, 15) is 63.3 Å². The number of carboxylic acids is 1. The maximum absolute atomic E-state index is 13.8. The number of carboxylic acid groups (broad SMARTS) is 1. The minimum Gasteiger partial charge on any atom is -0.480 e. The van der Waals surface area contributed by atoms with Crippen LogP contribution in [0.25, 0.3) is 0 Å². The summed E-state index contributed by atoms with van der Waals surface area (Å²) in [5.74, 6) is -9.18. The van der Waals surface area contributed by atoms with Gasteiger partial charge in [0.1, 0.15) is 48.8 Å². The number of hydrogen-bond acceptors (Lipinski definition) is 14. The standard InChI is InChI=1S/C37H62N10O14/c1-18(2)11-21(31(55)40-14-29(52)53)41-32(56)22(12-19(3)4)42-34(58)26-7-5-9-46(26)37(61)25(17-50)45-35(59)27-8-6-10-47(27)36(60)24(16-49)44-33(57)23(15-48)43-30(54)20(38)13-28(39)51/h18-27,48-50H,5-17,38H2,1-4H3,(H2,39,51)(H,40,55)(H,41,56)(H,42,58)(H,43,54)(H,44,57)(H,45,59)(H,52,53)/t20-,21-,22-,23-,24-,25-,26-,27-/m0/s1. The summed E-state index contributed by atoms with van der Waals surface area (Å²) in [5, 5.41) is 53.2. The van der Waals surface area contributed by atoms with Gasteiger partial charge in [0.05, 0.1) is 32.3 Å². The van der Waals surface area contributed by atoms with E-state index in [1.54, 1.807) is 27.7 Å². The number of hydrogen-bond donors (Lipinski definition) is 12. The van der Waals surface area contributed by atoms with Crippen LogP contribution in [-0.4, -0.2) is 177 Å². The fourth-order valence-electron chi connectivity index (χ4n) is 6.93. The molecule has 0 unspecified atom stereocenters. The Morgan fingerprint density at radius 1 is 0.590 bits per heavy atom.